The maximum Gasteiger partial charge on any atom is 0.200 e. The van der Waals surface area contributed by atoms with Crippen molar-refractivity contribution >= 4 is 21.8 Å². The van der Waals surface area contributed by atoms with Gasteiger partial charge < -0.3 is 24.3 Å². The molecule has 2 N–H and O–H groups in total. The summed E-state index contributed by atoms with van der Waals surface area (Å²) in [5.41, 5.74) is 0.834. The van der Waals surface area contributed by atoms with Gasteiger partial charge in [0.05, 0.1) is 23.0 Å². The Balaban J connectivity index is 2.01. The number of aryl methyl sites for hydroxylation is 1. The predicted molar refractivity (Wildman–Crippen MR) is 99.0 cm³/mol. The molecule has 136 valence electrons. The lowest BCUT2D eigenvalue weighted by molar-refractivity contribution is -0.0832. The van der Waals surface area contributed by atoms with E-state index in [9.17, 15) is 15.0 Å². The Bertz CT molecular complexity index is 1080. The van der Waals surface area contributed by atoms with Gasteiger partial charge in [-0.25, -0.2) is 0 Å². The molecular formula is C20H21NO5. The van der Waals surface area contributed by atoms with Crippen molar-refractivity contribution in [3.05, 3.63) is 46.1 Å². The molecule has 0 unspecified atom stereocenters. The highest BCUT2D eigenvalue weighted by Gasteiger charge is 2.40. The topological polar surface area (TPSA) is 80.9 Å². The molecular weight excluding hydrogens is 334 g/mol. The molecule has 2 heterocycles. The Morgan fingerprint density at radius 2 is 2.12 bits per heavy atom. The van der Waals surface area contributed by atoms with Gasteiger partial charge in [0.2, 0.25) is 5.43 Å². The summed E-state index contributed by atoms with van der Waals surface area (Å²) in [7, 11) is 3.39. The summed E-state index contributed by atoms with van der Waals surface area (Å²) >= 11 is 0. The Morgan fingerprint density at radius 3 is 2.85 bits per heavy atom. The molecule has 0 saturated carbocycles. The second kappa shape index (κ2) is 5.72. The quantitative estimate of drug-likeness (QED) is 0.703. The van der Waals surface area contributed by atoms with Crippen molar-refractivity contribution in [3.8, 4) is 11.5 Å². The molecule has 3 aromatic rings. The van der Waals surface area contributed by atoms with Crippen LogP contribution in [0.5, 0.6) is 11.5 Å². The lowest BCUT2D eigenvalue weighted by atomic mass is 9.94. The molecule has 6 nitrogen and oxygen atoms in total. The maximum atomic E-state index is 13.0. The van der Waals surface area contributed by atoms with Gasteiger partial charge in [-0.05, 0) is 19.1 Å². The maximum absolute atomic E-state index is 13.0. The number of hydrogen-bond donors (Lipinski definition) is 2. The van der Waals surface area contributed by atoms with Crippen LogP contribution in [0.1, 0.15) is 12.5 Å². The molecule has 1 aliphatic heterocycles. The third-order valence-electron chi connectivity index (χ3n) is 5.21. The number of pyridine rings is 1. The van der Waals surface area contributed by atoms with E-state index < -0.39 is 11.7 Å². The molecule has 2 atom stereocenters. The fraction of sp³-hybridized carbons (Fsp3) is 0.350. The molecule has 26 heavy (non-hydrogen) atoms. The van der Waals surface area contributed by atoms with E-state index in [1.807, 2.05) is 23.7 Å². The summed E-state index contributed by atoms with van der Waals surface area (Å²) in [6, 6.07) is 8.78. The third kappa shape index (κ3) is 2.29. The number of para-hydroxylation sites is 1. The minimum atomic E-state index is -1.19. The number of rotatable bonds is 3. The summed E-state index contributed by atoms with van der Waals surface area (Å²) in [4.78, 5) is 13.0. The molecule has 6 heteroatoms. The van der Waals surface area contributed by atoms with Gasteiger partial charge in [-0.3, -0.25) is 4.79 Å². The summed E-state index contributed by atoms with van der Waals surface area (Å²) in [5, 5.41) is 22.0. The minimum Gasteiger partial charge on any atom is -0.507 e. The van der Waals surface area contributed by atoms with Gasteiger partial charge in [0.1, 0.15) is 23.2 Å². The fourth-order valence-corrected chi connectivity index (χ4v) is 3.89. The van der Waals surface area contributed by atoms with Gasteiger partial charge in [0.15, 0.2) is 0 Å². The number of ether oxygens (including phenoxy) is 2. The van der Waals surface area contributed by atoms with Crippen molar-refractivity contribution in [1.29, 1.82) is 0 Å². The van der Waals surface area contributed by atoms with Crippen molar-refractivity contribution in [2.45, 2.75) is 25.0 Å². The molecule has 0 aliphatic carbocycles. The van der Waals surface area contributed by atoms with Gasteiger partial charge in [-0.15, -0.1) is 0 Å². The molecule has 1 aromatic heterocycles. The van der Waals surface area contributed by atoms with Gasteiger partial charge in [0, 0.05) is 37.6 Å². The minimum absolute atomic E-state index is 0.114. The first-order chi connectivity index (χ1) is 12.3. The molecule has 2 aromatic carbocycles. The lowest BCUT2D eigenvalue weighted by Crippen LogP contribution is -2.46. The number of phenols is 1. The van der Waals surface area contributed by atoms with Gasteiger partial charge >= 0.3 is 0 Å². The van der Waals surface area contributed by atoms with Crippen LogP contribution in [0, 0.1) is 0 Å². The standard InChI is InChI=1S/C20H21NO5/c1-20(24,10-25-3)16-8-12-15(26-16)9-14(22)17-18(12)21(2)13-7-5-4-6-11(13)19(17)23/h4-7,9,16,22,24H,8,10H2,1-3H3/t16-,20-/m1/s1. The van der Waals surface area contributed by atoms with Gasteiger partial charge in [-0.1, -0.05) is 12.1 Å². The Morgan fingerprint density at radius 1 is 1.38 bits per heavy atom. The zero-order valence-electron chi connectivity index (χ0n) is 14.9. The van der Waals surface area contributed by atoms with E-state index in [0.29, 0.717) is 23.1 Å². The van der Waals surface area contributed by atoms with Crippen LogP contribution in [-0.2, 0) is 18.2 Å². The average Bonchev–Trinajstić information content (AvgIpc) is 3.03. The number of hydrogen-bond acceptors (Lipinski definition) is 5. The first kappa shape index (κ1) is 16.9. The number of aromatic hydroxyl groups is 1. The molecule has 0 saturated heterocycles. The van der Waals surface area contributed by atoms with E-state index in [1.54, 1.807) is 19.1 Å². The molecule has 4 rings (SSSR count). The van der Waals surface area contributed by atoms with Crippen molar-refractivity contribution in [2.24, 2.45) is 7.05 Å². The van der Waals surface area contributed by atoms with Crippen LogP contribution >= 0.6 is 0 Å². The highest BCUT2D eigenvalue weighted by molar-refractivity contribution is 5.99. The molecule has 0 radical (unpaired) electrons. The molecule has 1 aliphatic rings. The number of aliphatic hydroxyl groups is 1. The second-order valence-corrected chi connectivity index (χ2v) is 7.10. The molecule has 0 fully saturated rings. The Hall–Kier alpha value is -2.57. The number of aromatic nitrogens is 1. The van der Waals surface area contributed by atoms with Crippen LogP contribution in [0.4, 0.5) is 0 Å². The second-order valence-electron chi connectivity index (χ2n) is 7.10. The first-order valence-electron chi connectivity index (χ1n) is 8.49. The van der Waals surface area contributed by atoms with Gasteiger partial charge in [-0.2, -0.15) is 0 Å². The van der Waals surface area contributed by atoms with Crippen LogP contribution in [-0.4, -0.2) is 40.2 Å². The average molecular weight is 355 g/mol. The highest BCUT2D eigenvalue weighted by Crippen LogP contribution is 2.41. The van der Waals surface area contributed by atoms with Crippen LogP contribution in [0.15, 0.2) is 35.1 Å². The number of fused-ring (bicyclic) bond motifs is 4. The zero-order chi connectivity index (χ0) is 18.6. The SMILES string of the molecule is COC[C@@](C)(O)[C@H]1Cc2c(cc(O)c3c(=O)c4ccccc4n(C)c23)O1. The van der Waals surface area contributed by atoms with Crippen molar-refractivity contribution < 1.29 is 19.7 Å². The number of benzene rings is 2. The summed E-state index contributed by atoms with van der Waals surface area (Å²) in [5.74, 6) is 0.374. The monoisotopic (exact) mass is 355 g/mol. The molecule has 0 bridgehead atoms. The van der Waals surface area contributed by atoms with E-state index in [1.165, 1.54) is 13.2 Å². The summed E-state index contributed by atoms with van der Waals surface area (Å²) < 4.78 is 12.9. The third-order valence-corrected chi connectivity index (χ3v) is 5.21. The van der Waals surface area contributed by atoms with Crippen molar-refractivity contribution in [2.75, 3.05) is 13.7 Å². The van der Waals surface area contributed by atoms with Crippen molar-refractivity contribution in [3.63, 3.8) is 0 Å². The van der Waals surface area contributed by atoms with E-state index in [4.69, 9.17) is 9.47 Å². The zero-order valence-corrected chi connectivity index (χ0v) is 14.9. The largest absolute Gasteiger partial charge is 0.507 e. The van der Waals surface area contributed by atoms with Crippen molar-refractivity contribution in [1.82, 2.24) is 4.57 Å². The van der Waals surface area contributed by atoms with Crippen LogP contribution in [0.25, 0.3) is 21.8 Å². The van der Waals surface area contributed by atoms with E-state index >= 15 is 0 Å². The highest BCUT2D eigenvalue weighted by atomic mass is 16.5. The molecule has 0 spiro atoms. The Labute approximate surface area is 150 Å². The van der Waals surface area contributed by atoms with Crippen LogP contribution < -0.4 is 10.2 Å². The fourth-order valence-electron chi connectivity index (χ4n) is 3.89. The van der Waals surface area contributed by atoms with E-state index in [-0.39, 0.29) is 23.2 Å². The summed E-state index contributed by atoms with van der Waals surface area (Å²) in [6.07, 6.45) is -0.0994. The van der Waals surface area contributed by atoms with Crippen LogP contribution in [0.3, 0.4) is 0 Å². The lowest BCUT2D eigenvalue weighted by Gasteiger charge is -2.28. The van der Waals surface area contributed by atoms with E-state index in [2.05, 4.69) is 0 Å². The number of phenolic OH excluding ortho intramolecular Hbond substituents is 1. The first-order valence-corrected chi connectivity index (χ1v) is 8.49. The normalized spacial score (nSPS) is 18.7. The van der Waals surface area contributed by atoms with Gasteiger partial charge in [0.25, 0.3) is 0 Å². The van der Waals surface area contributed by atoms with E-state index in [0.717, 1.165) is 11.1 Å². The Kier molecular flexibility index (Phi) is 3.71. The number of nitrogens with zero attached hydrogens (tertiary/aromatic N) is 1. The smallest absolute Gasteiger partial charge is 0.200 e. The number of methoxy groups -OCH3 is 1. The predicted octanol–water partition coefficient (Wildman–Crippen LogP) is 2.10. The van der Waals surface area contributed by atoms with Crippen LogP contribution in [0.2, 0.25) is 0 Å². The molecule has 0 amide bonds. The summed E-state index contributed by atoms with van der Waals surface area (Å²) in [6.45, 7) is 1.78.